The van der Waals surface area contributed by atoms with Gasteiger partial charge in [0.15, 0.2) is 5.11 Å². The summed E-state index contributed by atoms with van der Waals surface area (Å²) in [5.41, 5.74) is 5.71. The second-order valence-corrected chi connectivity index (χ2v) is 9.61. The highest BCUT2D eigenvalue weighted by atomic mass is 32.1. The minimum atomic E-state index is -0.352. The summed E-state index contributed by atoms with van der Waals surface area (Å²) < 4.78 is 5.46. The van der Waals surface area contributed by atoms with Gasteiger partial charge in [-0.05, 0) is 83.4 Å². The number of carbonyl (C=O) groups is 1. The second-order valence-electron chi connectivity index (χ2n) is 9.20. The highest BCUT2D eigenvalue weighted by Crippen LogP contribution is 2.26. The van der Waals surface area contributed by atoms with Crippen molar-refractivity contribution in [2.45, 2.75) is 26.7 Å². The van der Waals surface area contributed by atoms with Gasteiger partial charge < -0.3 is 10.1 Å². The smallest absolute Gasteiger partial charge is 0.261 e. The summed E-state index contributed by atoms with van der Waals surface area (Å²) in [5, 5.41) is 17.3. The molecule has 8 heteroatoms. The van der Waals surface area contributed by atoms with Crippen LogP contribution in [0.1, 0.15) is 41.3 Å². The number of rotatable bonds is 5. The predicted molar refractivity (Wildman–Crippen MR) is 152 cm³/mol. The molecule has 4 aromatic carbocycles. The van der Waals surface area contributed by atoms with E-state index in [1.807, 2.05) is 61.5 Å². The van der Waals surface area contributed by atoms with Crippen molar-refractivity contribution in [2.75, 3.05) is 12.4 Å². The van der Waals surface area contributed by atoms with Crippen LogP contribution in [0.3, 0.4) is 0 Å². The number of fused-ring (bicyclic) bond motifs is 2. The van der Waals surface area contributed by atoms with Crippen LogP contribution >= 0.6 is 12.2 Å². The van der Waals surface area contributed by atoms with Crippen molar-refractivity contribution in [3.8, 4) is 11.4 Å². The molecular formula is C29H27N5O2S. The van der Waals surface area contributed by atoms with Crippen molar-refractivity contribution < 1.29 is 9.53 Å². The number of hydrogen-bond donors (Lipinski definition) is 2. The second kappa shape index (κ2) is 9.99. The van der Waals surface area contributed by atoms with Gasteiger partial charge >= 0.3 is 0 Å². The van der Waals surface area contributed by atoms with Crippen molar-refractivity contribution in [1.29, 1.82) is 0 Å². The number of thiocarbonyl (C=S) groups is 1. The van der Waals surface area contributed by atoms with Gasteiger partial charge in [-0.1, -0.05) is 50.2 Å². The summed E-state index contributed by atoms with van der Waals surface area (Å²) in [4.78, 5) is 14.7. The molecule has 0 atom stereocenters. The van der Waals surface area contributed by atoms with E-state index in [0.29, 0.717) is 22.7 Å². The van der Waals surface area contributed by atoms with Crippen molar-refractivity contribution in [3.05, 3.63) is 89.5 Å². The number of methoxy groups -OCH3 is 1. The zero-order valence-electron chi connectivity index (χ0n) is 21.1. The lowest BCUT2D eigenvalue weighted by Gasteiger charge is -2.14. The SMILES string of the molecule is COc1cc2ccccc2cc1C(=O)NC(=S)Nc1cc2nn(-c3ccc(C(C)C)cc3)nc2cc1C. The molecule has 0 aliphatic carbocycles. The van der Waals surface area contributed by atoms with Crippen LogP contribution in [0.25, 0.3) is 27.5 Å². The molecule has 0 saturated heterocycles. The maximum Gasteiger partial charge on any atom is 0.261 e. The van der Waals surface area contributed by atoms with Crippen molar-refractivity contribution in [3.63, 3.8) is 0 Å². The first-order chi connectivity index (χ1) is 17.8. The molecule has 0 unspecified atom stereocenters. The zero-order valence-corrected chi connectivity index (χ0v) is 21.9. The van der Waals surface area contributed by atoms with Crippen LogP contribution in [-0.2, 0) is 0 Å². The fourth-order valence-corrected chi connectivity index (χ4v) is 4.40. The number of hydrogen-bond acceptors (Lipinski definition) is 5. The number of aryl methyl sites for hydroxylation is 1. The lowest BCUT2D eigenvalue weighted by molar-refractivity contribution is 0.0975. The summed E-state index contributed by atoms with van der Waals surface area (Å²) in [7, 11) is 1.54. The summed E-state index contributed by atoms with van der Waals surface area (Å²) in [5.74, 6) is 0.589. The summed E-state index contributed by atoms with van der Waals surface area (Å²) in [6.07, 6.45) is 0. The van der Waals surface area contributed by atoms with Gasteiger partial charge in [0, 0.05) is 5.69 Å². The van der Waals surface area contributed by atoms with Crippen LogP contribution in [0.15, 0.2) is 72.8 Å². The first-order valence-corrected chi connectivity index (χ1v) is 12.4. The minimum absolute atomic E-state index is 0.180. The number of nitrogens with one attached hydrogen (secondary N) is 2. The average molecular weight is 510 g/mol. The molecule has 0 saturated carbocycles. The van der Waals surface area contributed by atoms with Gasteiger partial charge in [0.25, 0.3) is 5.91 Å². The largest absolute Gasteiger partial charge is 0.496 e. The van der Waals surface area contributed by atoms with Gasteiger partial charge in [0.05, 0.1) is 18.4 Å². The van der Waals surface area contributed by atoms with E-state index >= 15 is 0 Å². The Bertz CT molecular complexity index is 1640. The fraction of sp³-hybridized carbons (Fsp3) is 0.172. The van der Waals surface area contributed by atoms with Gasteiger partial charge in [0.1, 0.15) is 16.8 Å². The minimum Gasteiger partial charge on any atom is -0.496 e. The molecule has 5 rings (SSSR count). The van der Waals surface area contributed by atoms with E-state index in [1.54, 1.807) is 18.0 Å². The van der Waals surface area contributed by atoms with Gasteiger partial charge in [-0.25, -0.2) is 0 Å². The van der Waals surface area contributed by atoms with Crippen LogP contribution < -0.4 is 15.4 Å². The third kappa shape index (κ3) is 5.01. The molecule has 5 aromatic rings. The molecule has 0 radical (unpaired) electrons. The maximum absolute atomic E-state index is 13.0. The molecule has 1 heterocycles. The number of anilines is 1. The van der Waals surface area contributed by atoms with E-state index in [2.05, 4.69) is 46.8 Å². The summed E-state index contributed by atoms with van der Waals surface area (Å²) in [6.45, 7) is 6.28. The number of ether oxygens (including phenoxy) is 1. The highest BCUT2D eigenvalue weighted by molar-refractivity contribution is 7.80. The zero-order chi connectivity index (χ0) is 26.1. The molecular weight excluding hydrogens is 482 g/mol. The van der Waals surface area contributed by atoms with E-state index < -0.39 is 0 Å². The lowest BCUT2D eigenvalue weighted by Crippen LogP contribution is -2.34. The Morgan fingerprint density at radius 1 is 0.946 bits per heavy atom. The molecule has 0 spiro atoms. The normalized spacial score (nSPS) is 11.2. The van der Waals surface area contributed by atoms with E-state index in [-0.39, 0.29) is 11.0 Å². The molecule has 37 heavy (non-hydrogen) atoms. The molecule has 0 aliphatic heterocycles. The van der Waals surface area contributed by atoms with Crippen molar-refractivity contribution >= 4 is 50.7 Å². The van der Waals surface area contributed by atoms with Crippen molar-refractivity contribution in [2.24, 2.45) is 0 Å². The molecule has 1 amide bonds. The molecule has 1 aromatic heterocycles. The van der Waals surface area contributed by atoms with Crippen molar-refractivity contribution in [1.82, 2.24) is 20.3 Å². The van der Waals surface area contributed by atoms with E-state index in [1.165, 1.54) is 5.56 Å². The topological polar surface area (TPSA) is 81.1 Å². The van der Waals surface area contributed by atoms with E-state index in [0.717, 1.165) is 33.2 Å². The fourth-order valence-electron chi connectivity index (χ4n) is 4.20. The molecule has 186 valence electrons. The number of nitrogens with zero attached hydrogens (tertiary/aromatic N) is 3. The number of aromatic nitrogens is 3. The Hall–Kier alpha value is -4.30. The Labute approximate surface area is 220 Å². The molecule has 7 nitrogen and oxygen atoms in total. The molecule has 2 N–H and O–H groups in total. The number of amides is 1. The average Bonchev–Trinajstić information content (AvgIpc) is 3.30. The summed E-state index contributed by atoms with van der Waals surface area (Å²) >= 11 is 5.46. The number of benzene rings is 4. The quantitative estimate of drug-likeness (QED) is 0.277. The van der Waals surface area contributed by atoms with Crippen LogP contribution in [0.2, 0.25) is 0 Å². The first kappa shape index (κ1) is 24.4. The first-order valence-electron chi connectivity index (χ1n) is 12.0. The van der Waals surface area contributed by atoms with Gasteiger partial charge in [-0.2, -0.15) is 4.80 Å². The van der Waals surface area contributed by atoms with Crippen LogP contribution in [0.5, 0.6) is 5.75 Å². The Kier molecular flexibility index (Phi) is 6.58. The predicted octanol–water partition coefficient (Wildman–Crippen LogP) is 6.14. The molecule has 0 bridgehead atoms. The molecule has 0 fully saturated rings. The molecule has 0 aliphatic rings. The third-order valence-electron chi connectivity index (χ3n) is 6.30. The van der Waals surface area contributed by atoms with Crippen LogP contribution in [0.4, 0.5) is 5.69 Å². The van der Waals surface area contributed by atoms with Crippen LogP contribution in [0, 0.1) is 6.92 Å². The Balaban J connectivity index is 1.35. The van der Waals surface area contributed by atoms with Gasteiger partial charge in [-0.15, -0.1) is 10.2 Å². The highest BCUT2D eigenvalue weighted by Gasteiger charge is 2.16. The Morgan fingerprint density at radius 2 is 1.59 bits per heavy atom. The third-order valence-corrected chi connectivity index (χ3v) is 6.51. The van der Waals surface area contributed by atoms with Gasteiger partial charge in [0.2, 0.25) is 0 Å². The maximum atomic E-state index is 13.0. The van der Waals surface area contributed by atoms with Crippen LogP contribution in [-0.4, -0.2) is 33.1 Å². The standard InChI is InChI=1S/C29H27N5O2S/c1-17(2)19-9-11-22(12-10-19)34-32-25-13-18(3)24(16-26(25)33-34)30-29(37)31-28(35)23-14-20-7-5-6-8-21(20)15-27(23)36-4/h5-17H,1-4H3,(H2,30,31,35,37). The monoisotopic (exact) mass is 509 g/mol. The Morgan fingerprint density at radius 3 is 2.24 bits per heavy atom. The van der Waals surface area contributed by atoms with Gasteiger partial charge in [-0.3, -0.25) is 10.1 Å². The number of carbonyl (C=O) groups excluding carboxylic acids is 1. The van der Waals surface area contributed by atoms with E-state index in [9.17, 15) is 4.79 Å². The van der Waals surface area contributed by atoms with E-state index in [4.69, 9.17) is 17.0 Å². The summed E-state index contributed by atoms with van der Waals surface area (Å²) in [6, 6.07) is 23.5. The lowest BCUT2D eigenvalue weighted by atomic mass is 10.0.